The minimum atomic E-state index is -0.390. The smallest absolute Gasteiger partial charge is 0.307 e. The number of nitrogens with one attached hydrogen (secondary N) is 1. The van der Waals surface area contributed by atoms with Crippen molar-refractivity contribution in [1.29, 1.82) is 0 Å². The van der Waals surface area contributed by atoms with Gasteiger partial charge >= 0.3 is 5.91 Å². The molecule has 1 N–H and O–H groups in total. The number of hydrazone groups is 2. The molecule has 0 aliphatic carbocycles. The minimum absolute atomic E-state index is 0.119. The molecule has 6 heteroatoms. The van der Waals surface area contributed by atoms with Crippen LogP contribution in [-0.4, -0.2) is 17.8 Å². The highest BCUT2D eigenvalue weighted by Gasteiger charge is 2.29. The van der Waals surface area contributed by atoms with Crippen LogP contribution < -0.4 is 10.4 Å². The standard InChI is InChI=1S/C27H22N4O2/c32-27(26-12-7-17-33-26)29-28-19-20-13-15-23(16-14-20)31-25(22-10-5-2-6-11-22)18-24(30-31)21-8-3-1-4-9-21/h1-17,19,25H,18H2,(H,29,32)/b28-19-/t25-/m0/s1. The van der Waals surface area contributed by atoms with E-state index in [-0.39, 0.29) is 11.8 Å². The molecule has 33 heavy (non-hydrogen) atoms. The lowest BCUT2D eigenvalue weighted by Crippen LogP contribution is -2.18. The fraction of sp³-hybridized carbons (Fsp3) is 0.0741. The van der Waals surface area contributed by atoms with Gasteiger partial charge in [-0.15, -0.1) is 0 Å². The van der Waals surface area contributed by atoms with Gasteiger partial charge in [-0.1, -0.05) is 72.8 Å². The summed E-state index contributed by atoms with van der Waals surface area (Å²) in [7, 11) is 0. The van der Waals surface area contributed by atoms with Crippen molar-refractivity contribution in [3.8, 4) is 0 Å². The molecule has 6 nitrogen and oxygen atoms in total. The Morgan fingerprint density at radius 2 is 1.67 bits per heavy atom. The number of amides is 1. The van der Waals surface area contributed by atoms with E-state index < -0.39 is 5.91 Å². The van der Waals surface area contributed by atoms with Gasteiger partial charge in [-0.3, -0.25) is 9.80 Å². The van der Waals surface area contributed by atoms with Crippen LogP contribution in [0.5, 0.6) is 0 Å². The van der Waals surface area contributed by atoms with E-state index >= 15 is 0 Å². The number of carbonyl (C=O) groups is 1. The lowest BCUT2D eigenvalue weighted by atomic mass is 9.98. The molecule has 0 saturated heterocycles. The average Bonchev–Trinajstić information content (AvgIpc) is 3.57. The first kappa shape index (κ1) is 20.5. The Kier molecular flexibility index (Phi) is 5.80. The van der Waals surface area contributed by atoms with Gasteiger partial charge in [-0.25, -0.2) is 5.43 Å². The fourth-order valence-electron chi connectivity index (χ4n) is 3.83. The maximum absolute atomic E-state index is 11.9. The van der Waals surface area contributed by atoms with E-state index in [0.29, 0.717) is 0 Å². The number of hydrogen-bond donors (Lipinski definition) is 1. The molecule has 0 bridgehead atoms. The summed E-state index contributed by atoms with van der Waals surface area (Å²) in [4.78, 5) is 11.9. The van der Waals surface area contributed by atoms with Crippen molar-refractivity contribution in [2.45, 2.75) is 12.5 Å². The van der Waals surface area contributed by atoms with Gasteiger partial charge in [0.25, 0.3) is 0 Å². The molecular formula is C27H22N4O2. The predicted molar refractivity (Wildman–Crippen MR) is 129 cm³/mol. The van der Waals surface area contributed by atoms with Gasteiger partial charge in [0.1, 0.15) is 0 Å². The van der Waals surface area contributed by atoms with E-state index in [1.807, 2.05) is 48.5 Å². The predicted octanol–water partition coefficient (Wildman–Crippen LogP) is 5.40. The number of carbonyl (C=O) groups excluding carboxylic acids is 1. The van der Waals surface area contributed by atoms with Crippen LogP contribution in [0.4, 0.5) is 5.69 Å². The largest absolute Gasteiger partial charge is 0.459 e. The van der Waals surface area contributed by atoms with Gasteiger partial charge in [0.2, 0.25) is 0 Å². The molecule has 0 saturated carbocycles. The van der Waals surface area contributed by atoms with Crippen molar-refractivity contribution in [3.63, 3.8) is 0 Å². The summed E-state index contributed by atoms with van der Waals surface area (Å²) < 4.78 is 5.05. The lowest BCUT2D eigenvalue weighted by Gasteiger charge is -2.24. The van der Waals surface area contributed by atoms with Gasteiger partial charge in [0, 0.05) is 6.42 Å². The van der Waals surface area contributed by atoms with Gasteiger partial charge in [0.15, 0.2) is 5.76 Å². The van der Waals surface area contributed by atoms with Crippen molar-refractivity contribution >= 4 is 23.5 Å². The second-order valence-electron chi connectivity index (χ2n) is 7.66. The average molecular weight is 434 g/mol. The third-order valence-electron chi connectivity index (χ3n) is 5.48. The summed E-state index contributed by atoms with van der Waals surface area (Å²) in [6.45, 7) is 0. The third-order valence-corrected chi connectivity index (χ3v) is 5.48. The highest BCUT2D eigenvalue weighted by atomic mass is 16.3. The number of furan rings is 1. The Morgan fingerprint density at radius 1 is 0.939 bits per heavy atom. The summed E-state index contributed by atoms with van der Waals surface area (Å²) in [5, 5.41) is 11.1. The van der Waals surface area contributed by atoms with E-state index in [0.717, 1.165) is 28.9 Å². The van der Waals surface area contributed by atoms with Crippen LogP contribution in [0.25, 0.3) is 0 Å². The van der Waals surface area contributed by atoms with Gasteiger partial charge in [-0.05, 0) is 41.0 Å². The topological polar surface area (TPSA) is 70.2 Å². The first-order valence-corrected chi connectivity index (χ1v) is 10.7. The number of benzene rings is 3. The van der Waals surface area contributed by atoms with Crippen molar-refractivity contribution in [2.75, 3.05) is 5.01 Å². The molecule has 0 unspecified atom stereocenters. The summed E-state index contributed by atoms with van der Waals surface area (Å²) in [6.07, 6.45) is 3.88. The number of anilines is 1. The quantitative estimate of drug-likeness (QED) is 0.326. The maximum Gasteiger partial charge on any atom is 0.307 e. The molecule has 1 amide bonds. The Morgan fingerprint density at radius 3 is 2.36 bits per heavy atom. The summed E-state index contributed by atoms with van der Waals surface area (Å²) in [5.41, 5.74) is 7.74. The Bertz CT molecular complexity index is 1260. The SMILES string of the molecule is O=C(N/N=C\c1ccc(N2N=C(c3ccccc3)C[C@H]2c2ccccc2)cc1)c1ccco1. The van der Waals surface area contributed by atoms with E-state index in [1.165, 1.54) is 11.8 Å². The second kappa shape index (κ2) is 9.36. The molecule has 0 radical (unpaired) electrons. The van der Waals surface area contributed by atoms with Crippen molar-refractivity contribution in [1.82, 2.24) is 5.43 Å². The van der Waals surface area contributed by atoms with Crippen LogP contribution in [0.15, 0.2) is 118 Å². The molecule has 1 aromatic heterocycles. The van der Waals surface area contributed by atoms with E-state index in [9.17, 15) is 4.79 Å². The molecule has 0 spiro atoms. The number of hydrogen-bond acceptors (Lipinski definition) is 5. The first-order valence-electron chi connectivity index (χ1n) is 10.7. The summed E-state index contributed by atoms with van der Waals surface area (Å²) in [6, 6.07) is 32.0. The maximum atomic E-state index is 11.9. The molecule has 3 aromatic carbocycles. The second-order valence-corrected chi connectivity index (χ2v) is 7.66. The molecule has 1 aliphatic rings. The minimum Gasteiger partial charge on any atom is -0.459 e. The van der Waals surface area contributed by atoms with Gasteiger partial charge < -0.3 is 4.42 Å². The molecule has 2 heterocycles. The molecule has 5 rings (SSSR count). The van der Waals surface area contributed by atoms with Crippen LogP contribution in [0.2, 0.25) is 0 Å². The van der Waals surface area contributed by atoms with Crippen molar-refractivity contribution < 1.29 is 9.21 Å². The Balaban J connectivity index is 1.36. The van der Waals surface area contributed by atoms with Crippen LogP contribution in [-0.2, 0) is 0 Å². The zero-order valence-electron chi connectivity index (χ0n) is 17.8. The molecular weight excluding hydrogens is 412 g/mol. The summed E-state index contributed by atoms with van der Waals surface area (Å²) in [5.74, 6) is -0.172. The zero-order chi connectivity index (χ0) is 22.5. The molecule has 0 fully saturated rings. The van der Waals surface area contributed by atoms with E-state index in [1.54, 1.807) is 18.3 Å². The highest BCUT2D eigenvalue weighted by molar-refractivity contribution is 6.03. The van der Waals surface area contributed by atoms with Crippen LogP contribution in [0.1, 0.15) is 39.7 Å². The molecule has 1 atom stereocenters. The zero-order valence-corrected chi connectivity index (χ0v) is 17.8. The Hall–Kier alpha value is -4.45. The van der Waals surface area contributed by atoms with E-state index in [4.69, 9.17) is 9.52 Å². The molecule has 162 valence electrons. The molecule has 1 aliphatic heterocycles. The first-order chi connectivity index (χ1) is 16.3. The normalized spacial score (nSPS) is 15.6. The van der Waals surface area contributed by atoms with Crippen molar-refractivity contribution in [2.24, 2.45) is 10.2 Å². The van der Waals surface area contributed by atoms with E-state index in [2.05, 4.69) is 51.9 Å². The monoisotopic (exact) mass is 434 g/mol. The third kappa shape index (κ3) is 4.60. The molecule has 4 aromatic rings. The highest BCUT2D eigenvalue weighted by Crippen LogP contribution is 2.36. The van der Waals surface area contributed by atoms with Crippen LogP contribution in [0.3, 0.4) is 0 Å². The summed E-state index contributed by atoms with van der Waals surface area (Å²) >= 11 is 0. The van der Waals surface area contributed by atoms with Gasteiger partial charge in [0.05, 0.1) is 29.9 Å². The van der Waals surface area contributed by atoms with Gasteiger partial charge in [-0.2, -0.15) is 10.2 Å². The number of nitrogens with zero attached hydrogens (tertiary/aromatic N) is 3. The lowest BCUT2D eigenvalue weighted by molar-refractivity contribution is 0.0927. The van der Waals surface area contributed by atoms with Crippen LogP contribution >= 0.6 is 0 Å². The van der Waals surface area contributed by atoms with Crippen molar-refractivity contribution in [3.05, 3.63) is 126 Å². The van der Waals surface area contributed by atoms with Crippen LogP contribution in [0, 0.1) is 0 Å². The number of rotatable bonds is 6. The Labute approximate surface area is 191 Å². The fourth-order valence-corrected chi connectivity index (χ4v) is 3.83.